The molecule has 9 nitrogen and oxygen atoms in total. The van der Waals surface area contributed by atoms with Crippen molar-refractivity contribution in [3.8, 4) is 0 Å². The highest BCUT2D eigenvalue weighted by Crippen LogP contribution is 2.32. The number of nitrogens with zero attached hydrogens (tertiary/aromatic N) is 2. The van der Waals surface area contributed by atoms with Gasteiger partial charge in [-0.25, -0.2) is 9.78 Å². The zero-order valence-corrected chi connectivity index (χ0v) is 11.8. The van der Waals surface area contributed by atoms with Crippen molar-refractivity contribution < 1.29 is 27.4 Å². The molecule has 0 saturated carbocycles. The number of hydrogen-bond acceptors (Lipinski definition) is 4. The van der Waals surface area contributed by atoms with Gasteiger partial charge in [0.1, 0.15) is 0 Å². The summed E-state index contributed by atoms with van der Waals surface area (Å²) in [5, 5.41) is 9.11. The largest absolute Gasteiger partial charge is 0.465 e. The van der Waals surface area contributed by atoms with E-state index < -0.39 is 16.5 Å². The van der Waals surface area contributed by atoms with E-state index >= 15 is 0 Å². The van der Waals surface area contributed by atoms with E-state index in [-0.39, 0.29) is 12.0 Å². The molecule has 1 aliphatic heterocycles. The van der Waals surface area contributed by atoms with E-state index in [1.54, 1.807) is 6.33 Å². The Labute approximate surface area is 116 Å². The number of aromatic nitrogens is 2. The standard InChI is InChI=1S/C10H15N3O2.H2O4S/c1-6(2)9-8-7(11-5-12-8)3-4-13(9)10(14)15;1-5(2,3)4/h5-6,9H,3-4H2,1-2H3,(H,11,12)(H,14,15);(H2,1,2,3,4)/t9-;/m0./s1. The summed E-state index contributed by atoms with van der Waals surface area (Å²) >= 11 is 0. The van der Waals surface area contributed by atoms with E-state index in [4.69, 9.17) is 22.6 Å². The molecule has 1 aromatic rings. The van der Waals surface area contributed by atoms with Gasteiger partial charge in [-0.3, -0.25) is 14.0 Å². The highest BCUT2D eigenvalue weighted by molar-refractivity contribution is 7.79. The Bertz CT molecular complexity index is 559. The Balaban J connectivity index is 0.000000347. The van der Waals surface area contributed by atoms with E-state index in [1.165, 1.54) is 4.90 Å². The summed E-state index contributed by atoms with van der Waals surface area (Å²) in [6, 6.07) is -0.113. The van der Waals surface area contributed by atoms with Gasteiger partial charge in [-0.2, -0.15) is 8.42 Å². The number of fused-ring (bicyclic) bond motifs is 1. The van der Waals surface area contributed by atoms with Crippen molar-refractivity contribution in [1.29, 1.82) is 0 Å². The number of amides is 1. The van der Waals surface area contributed by atoms with Gasteiger partial charge in [0.2, 0.25) is 0 Å². The summed E-state index contributed by atoms with van der Waals surface area (Å²) in [4.78, 5) is 19.9. The third kappa shape index (κ3) is 4.47. The highest BCUT2D eigenvalue weighted by Gasteiger charge is 2.34. The number of nitrogens with one attached hydrogen (secondary N) is 1. The molecule has 20 heavy (non-hydrogen) atoms. The Morgan fingerprint density at radius 2 is 2.05 bits per heavy atom. The minimum Gasteiger partial charge on any atom is -0.465 e. The van der Waals surface area contributed by atoms with Gasteiger partial charge in [0.15, 0.2) is 0 Å². The summed E-state index contributed by atoms with van der Waals surface area (Å²) in [6.45, 7) is 4.59. The van der Waals surface area contributed by atoms with Gasteiger partial charge < -0.3 is 10.1 Å². The Kier molecular flexibility index (Phi) is 5.09. The van der Waals surface area contributed by atoms with Crippen LogP contribution in [0.5, 0.6) is 0 Å². The minimum absolute atomic E-state index is 0.113. The van der Waals surface area contributed by atoms with Crippen molar-refractivity contribution >= 4 is 16.5 Å². The van der Waals surface area contributed by atoms with Crippen molar-refractivity contribution in [2.75, 3.05) is 6.54 Å². The summed E-state index contributed by atoms with van der Waals surface area (Å²) in [5.41, 5.74) is 1.96. The molecule has 4 N–H and O–H groups in total. The van der Waals surface area contributed by atoms with Crippen LogP contribution in [-0.4, -0.2) is 50.1 Å². The summed E-state index contributed by atoms with van der Waals surface area (Å²) in [7, 11) is -4.67. The van der Waals surface area contributed by atoms with Crippen LogP contribution in [0.15, 0.2) is 6.33 Å². The van der Waals surface area contributed by atoms with Crippen molar-refractivity contribution in [2.24, 2.45) is 5.92 Å². The summed E-state index contributed by atoms with van der Waals surface area (Å²) in [5.74, 6) is 0.239. The third-order valence-corrected chi connectivity index (χ3v) is 2.85. The highest BCUT2D eigenvalue weighted by atomic mass is 32.3. The second kappa shape index (κ2) is 6.20. The molecule has 0 unspecified atom stereocenters. The lowest BCUT2D eigenvalue weighted by molar-refractivity contribution is 0.103. The first-order valence-corrected chi connectivity index (χ1v) is 7.22. The van der Waals surface area contributed by atoms with Crippen LogP contribution in [0, 0.1) is 5.92 Å². The van der Waals surface area contributed by atoms with Crippen LogP contribution < -0.4 is 0 Å². The first kappa shape index (κ1) is 16.4. The van der Waals surface area contributed by atoms with Crippen molar-refractivity contribution in [3.63, 3.8) is 0 Å². The second-order valence-corrected chi connectivity index (χ2v) is 5.52. The van der Waals surface area contributed by atoms with Crippen LogP contribution in [0.4, 0.5) is 4.79 Å². The van der Waals surface area contributed by atoms with Crippen LogP contribution >= 0.6 is 0 Å². The molecule has 0 fully saturated rings. The average Bonchev–Trinajstić information content (AvgIpc) is 2.72. The summed E-state index contributed by atoms with van der Waals surface area (Å²) in [6.07, 6.45) is 1.51. The normalized spacial score (nSPS) is 18.2. The first-order chi connectivity index (χ1) is 9.11. The molecule has 0 aliphatic carbocycles. The smallest absolute Gasteiger partial charge is 0.407 e. The molecule has 0 aromatic carbocycles. The zero-order chi connectivity index (χ0) is 15.5. The van der Waals surface area contributed by atoms with E-state index in [0.29, 0.717) is 6.54 Å². The molecule has 1 amide bonds. The number of carboxylic acid groups (broad SMARTS) is 1. The molecular formula is C10H17N3O6S. The van der Waals surface area contributed by atoms with Crippen LogP contribution in [0.2, 0.25) is 0 Å². The minimum atomic E-state index is -4.67. The van der Waals surface area contributed by atoms with E-state index in [2.05, 4.69) is 9.97 Å². The topological polar surface area (TPSA) is 144 Å². The van der Waals surface area contributed by atoms with Crippen LogP contribution in [0.25, 0.3) is 0 Å². The number of carbonyl (C=O) groups is 1. The Morgan fingerprint density at radius 1 is 1.50 bits per heavy atom. The lowest BCUT2D eigenvalue weighted by Crippen LogP contribution is -2.41. The fourth-order valence-electron chi connectivity index (χ4n) is 2.20. The molecule has 1 aliphatic rings. The molecule has 10 heteroatoms. The number of aromatic amines is 1. The Hall–Kier alpha value is -1.65. The number of H-pyrrole nitrogens is 1. The third-order valence-electron chi connectivity index (χ3n) is 2.85. The maximum absolute atomic E-state index is 11.1. The molecule has 114 valence electrons. The molecule has 0 radical (unpaired) electrons. The average molecular weight is 307 g/mol. The molecule has 2 rings (SSSR count). The molecule has 0 bridgehead atoms. The van der Waals surface area contributed by atoms with Gasteiger partial charge in [0.05, 0.1) is 18.1 Å². The fourth-order valence-corrected chi connectivity index (χ4v) is 2.20. The lowest BCUT2D eigenvalue weighted by Gasteiger charge is -2.35. The van der Waals surface area contributed by atoms with E-state index in [9.17, 15) is 4.79 Å². The van der Waals surface area contributed by atoms with Crippen molar-refractivity contribution in [3.05, 3.63) is 17.7 Å². The van der Waals surface area contributed by atoms with Gasteiger partial charge in [-0.05, 0) is 5.92 Å². The van der Waals surface area contributed by atoms with Gasteiger partial charge >= 0.3 is 16.5 Å². The van der Waals surface area contributed by atoms with Gasteiger partial charge in [0, 0.05) is 18.7 Å². The van der Waals surface area contributed by atoms with Crippen molar-refractivity contribution in [1.82, 2.24) is 14.9 Å². The maximum atomic E-state index is 11.1. The summed E-state index contributed by atoms with van der Waals surface area (Å²) < 4.78 is 31.6. The molecule has 0 spiro atoms. The SMILES string of the molecule is CC(C)[C@H]1c2nc[nH]c2CCN1C(=O)O.O=S(=O)(O)O. The Morgan fingerprint density at radius 3 is 2.50 bits per heavy atom. The predicted octanol–water partition coefficient (Wildman–Crippen LogP) is 0.990. The van der Waals surface area contributed by atoms with Crippen LogP contribution in [-0.2, 0) is 16.8 Å². The maximum Gasteiger partial charge on any atom is 0.407 e. The zero-order valence-electron chi connectivity index (χ0n) is 11.0. The number of imidazole rings is 1. The second-order valence-electron chi connectivity index (χ2n) is 4.63. The molecule has 1 aromatic heterocycles. The number of hydrogen-bond donors (Lipinski definition) is 4. The van der Waals surface area contributed by atoms with E-state index in [1.807, 2.05) is 13.8 Å². The van der Waals surface area contributed by atoms with Gasteiger partial charge in [-0.15, -0.1) is 0 Å². The van der Waals surface area contributed by atoms with E-state index in [0.717, 1.165) is 17.8 Å². The van der Waals surface area contributed by atoms with Crippen LogP contribution in [0.1, 0.15) is 31.3 Å². The molecule has 0 saturated heterocycles. The predicted molar refractivity (Wildman–Crippen MR) is 68.8 cm³/mol. The quantitative estimate of drug-likeness (QED) is 0.566. The lowest BCUT2D eigenvalue weighted by atomic mass is 9.94. The molecule has 1 atom stereocenters. The van der Waals surface area contributed by atoms with Gasteiger partial charge in [-0.1, -0.05) is 13.8 Å². The molecular weight excluding hydrogens is 290 g/mol. The first-order valence-electron chi connectivity index (χ1n) is 5.82. The fraction of sp³-hybridized carbons (Fsp3) is 0.600. The molecule has 2 heterocycles. The van der Waals surface area contributed by atoms with Crippen LogP contribution in [0.3, 0.4) is 0 Å². The van der Waals surface area contributed by atoms with Crippen molar-refractivity contribution in [2.45, 2.75) is 26.3 Å². The number of rotatable bonds is 1. The van der Waals surface area contributed by atoms with Gasteiger partial charge in [0.25, 0.3) is 0 Å². The monoisotopic (exact) mass is 307 g/mol.